The van der Waals surface area contributed by atoms with Crippen LogP contribution in [0.4, 0.5) is 5.82 Å². The highest BCUT2D eigenvalue weighted by atomic mass is 35.5. The van der Waals surface area contributed by atoms with Crippen molar-refractivity contribution in [3.63, 3.8) is 0 Å². The van der Waals surface area contributed by atoms with Crippen LogP contribution in [0.5, 0.6) is 0 Å². The predicted octanol–water partition coefficient (Wildman–Crippen LogP) is 5.72. The highest BCUT2D eigenvalue weighted by molar-refractivity contribution is 7.19. The number of halogens is 1. The molecule has 0 unspecified atom stereocenters. The molecule has 1 saturated heterocycles. The molecule has 0 atom stereocenters. The van der Waals surface area contributed by atoms with E-state index in [2.05, 4.69) is 53.8 Å². The van der Waals surface area contributed by atoms with Gasteiger partial charge in [-0.05, 0) is 68.8 Å². The molecule has 2 aromatic heterocycles. The molecule has 3 aromatic rings. The first-order chi connectivity index (χ1) is 14.4. The maximum atomic E-state index is 12.1. The first-order valence-corrected chi connectivity index (χ1v) is 11.5. The van der Waals surface area contributed by atoms with E-state index in [4.69, 9.17) is 16.3 Å². The third kappa shape index (κ3) is 3.91. The van der Waals surface area contributed by atoms with Gasteiger partial charge in [-0.2, -0.15) is 4.98 Å². The largest absolute Gasteiger partial charge is 0.466 e. The molecule has 0 bridgehead atoms. The standard InChI is InChI=1S/C23H26ClN3O2S/c1-5-29-22(28)16-8-10-27(11-9-16)20-19-18(17-7-6-13(2)14(3)12-17)15(4)30-21(19)26-23(24)25-20/h6-7,12,16H,5,8-11H2,1-4H3. The van der Waals surface area contributed by atoms with E-state index < -0.39 is 0 Å². The monoisotopic (exact) mass is 443 g/mol. The number of carbonyl (C=O) groups is 1. The van der Waals surface area contributed by atoms with E-state index in [-0.39, 0.29) is 17.2 Å². The Kier molecular flexibility index (Phi) is 5.98. The fraction of sp³-hybridized carbons (Fsp3) is 0.435. The van der Waals surface area contributed by atoms with Gasteiger partial charge in [0.25, 0.3) is 0 Å². The number of anilines is 1. The van der Waals surface area contributed by atoms with Crippen molar-refractivity contribution in [3.05, 3.63) is 39.5 Å². The molecule has 0 radical (unpaired) electrons. The summed E-state index contributed by atoms with van der Waals surface area (Å²) in [5, 5.41) is 1.32. The van der Waals surface area contributed by atoms with E-state index >= 15 is 0 Å². The highest BCUT2D eigenvalue weighted by Crippen LogP contribution is 2.43. The Labute approximate surface area is 186 Å². The summed E-state index contributed by atoms with van der Waals surface area (Å²) in [7, 11) is 0. The number of esters is 1. The van der Waals surface area contributed by atoms with Crippen molar-refractivity contribution < 1.29 is 9.53 Å². The second-order valence-corrected chi connectivity index (χ2v) is 9.38. The van der Waals surface area contributed by atoms with Crippen molar-refractivity contribution in [2.45, 2.75) is 40.5 Å². The van der Waals surface area contributed by atoms with Gasteiger partial charge >= 0.3 is 5.97 Å². The van der Waals surface area contributed by atoms with Crippen LogP contribution in [0, 0.1) is 26.7 Å². The molecule has 7 heteroatoms. The number of aromatic nitrogens is 2. The van der Waals surface area contributed by atoms with Crippen LogP contribution in [0.3, 0.4) is 0 Å². The molecule has 3 heterocycles. The zero-order valence-corrected chi connectivity index (χ0v) is 19.4. The SMILES string of the molecule is CCOC(=O)C1CCN(c2nc(Cl)nc3sc(C)c(-c4ccc(C)c(C)c4)c23)CC1. The Morgan fingerprint density at radius 1 is 1.20 bits per heavy atom. The van der Waals surface area contributed by atoms with Crippen LogP contribution in [0.2, 0.25) is 5.28 Å². The van der Waals surface area contributed by atoms with Gasteiger partial charge in [-0.15, -0.1) is 11.3 Å². The average molecular weight is 444 g/mol. The lowest BCUT2D eigenvalue weighted by Gasteiger charge is -2.32. The van der Waals surface area contributed by atoms with Gasteiger partial charge in [0.15, 0.2) is 0 Å². The fourth-order valence-electron chi connectivity index (χ4n) is 4.13. The maximum absolute atomic E-state index is 12.1. The second-order valence-electron chi connectivity index (χ2n) is 7.84. The van der Waals surface area contributed by atoms with E-state index in [0.717, 1.165) is 42.0 Å². The molecule has 0 saturated carbocycles. The molecule has 0 spiro atoms. The van der Waals surface area contributed by atoms with E-state index in [9.17, 15) is 4.79 Å². The average Bonchev–Trinajstić information content (AvgIpc) is 3.05. The normalized spacial score (nSPS) is 15.0. The second kappa shape index (κ2) is 8.52. The van der Waals surface area contributed by atoms with E-state index in [0.29, 0.717) is 6.61 Å². The first-order valence-electron chi connectivity index (χ1n) is 10.3. The molecular weight excluding hydrogens is 418 g/mol. The molecule has 1 aromatic carbocycles. The molecule has 4 rings (SSSR count). The van der Waals surface area contributed by atoms with Crippen LogP contribution in [-0.4, -0.2) is 35.6 Å². The predicted molar refractivity (Wildman–Crippen MR) is 124 cm³/mol. The third-order valence-electron chi connectivity index (χ3n) is 5.89. The summed E-state index contributed by atoms with van der Waals surface area (Å²) < 4.78 is 5.21. The minimum atomic E-state index is -0.0924. The molecule has 158 valence electrons. The quantitative estimate of drug-likeness (QED) is 0.381. The molecular formula is C23H26ClN3O2S. The maximum Gasteiger partial charge on any atom is 0.309 e. The van der Waals surface area contributed by atoms with Gasteiger partial charge in [0.2, 0.25) is 5.28 Å². The number of ether oxygens (including phenoxy) is 1. The lowest BCUT2D eigenvalue weighted by atomic mass is 9.96. The van der Waals surface area contributed by atoms with Crippen molar-refractivity contribution in [3.8, 4) is 11.1 Å². The molecule has 1 aliphatic heterocycles. The number of hydrogen-bond donors (Lipinski definition) is 0. The summed E-state index contributed by atoms with van der Waals surface area (Å²) in [5.74, 6) is 0.729. The van der Waals surface area contributed by atoms with Crippen molar-refractivity contribution in [2.75, 3.05) is 24.6 Å². The molecule has 30 heavy (non-hydrogen) atoms. The van der Waals surface area contributed by atoms with Gasteiger partial charge in [-0.1, -0.05) is 18.2 Å². The lowest BCUT2D eigenvalue weighted by molar-refractivity contribution is -0.148. The van der Waals surface area contributed by atoms with Crippen LogP contribution >= 0.6 is 22.9 Å². The van der Waals surface area contributed by atoms with Crippen LogP contribution in [0.25, 0.3) is 21.3 Å². The number of thiophene rings is 1. The summed E-state index contributed by atoms with van der Waals surface area (Å²) >= 11 is 7.95. The van der Waals surface area contributed by atoms with Gasteiger partial charge in [0.1, 0.15) is 10.6 Å². The number of aryl methyl sites for hydroxylation is 3. The van der Waals surface area contributed by atoms with Gasteiger partial charge in [0, 0.05) is 23.5 Å². The number of benzene rings is 1. The van der Waals surface area contributed by atoms with E-state index in [1.807, 2.05) is 6.92 Å². The molecule has 1 aliphatic rings. The van der Waals surface area contributed by atoms with Crippen molar-refractivity contribution >= 4 is 44.9 Å². The minimum absolute atomic E-state index is 0.0440. The van der Waals surface area contributed by atoms with Gasteiger partial charge < -0.3 is 9.64 Å². The number of piperidine rings is 1. The summed E-state index contributed by atoms with van der Waals surface area (Å²) in [6.07, 6.45) is 1.51. The number of hydrogen-bond acceptors (Lipinski definition) is 6. The van der Waals surface area contributed by atoms with Crippen LogP contribution in [-0.2, 0) is 9.53 Å². The Morgan fingerprint density at radius 3 is 2.60 bits per heavy atom. The number of nitrogens with zero attached hydrogens (tertiary/aromatic N) is 3. The summed E-state index contributed by atoms with van der Waals surface area (Å²) in [5.41, 5.74) is 4.89. The topological polar surface area (TPSA) is 55.3 Å². The minimum Gasteiger partial charge on any atom is -0.466 e. The van der Waals surface area contributed by atoms with Crippen LogP contribution in [0.15, 0.2) is 18.2 Å². The summed E-state index contributed by atoms with van der Waals surface area (Å²) in [6.45, 7) is 10.1. The zero-order chi connectivity index (χ0) is 21.4. The third-order valence-corrected chi connectivity index (χ3v) is 7.06. The van der Waals surface area contributed by atoms with Gasteiger partial charge in [-0.25, -0.2) is 4.98 Å². The fourth-order valence-corrected chi connectivity index (χ4v) is 5.38. The van der Waals surface area contributed by atoms with Crippen molar-refractivity contribution in [1.82, 2.24) is 9.97 Å². The smallest absolute Gasteiger partial charge is 0.309 e. The van der Waals surface area contributed by atoms with E-state index in [1.165, 1.54) is 27.1 Å². The van der Waals surface area contributed by atoms with Gasteiger partial charge in [0.05, 0.1) is 17.9 Å². The zero-order valence-electron chi connectivity index (χ0n) is 17.8. The molecule has 0 N–H and O–H groups in total. The Hall–Kier alpha value is -2.18. The Bertz CT molecular complexity index is 1100. The van der Waals surface area contributed by atoms with Crippen LogP contribution in [0.1, 0.15) is 35.8 Å². The molecule has 1 fully saturated rings. The summed E-state index contributed by atoms with van der Waals surface area (Å²) in [6, 6.07) is 6.56. The number of rotatable bonds is 4. The van der Waals surface area contributed by atoms with Crippen molar-refractivity contribution in [1.29, 1.82) is 0 Å². The Balaban J connectivity index is 1.75. The van der Waals surface area contributed by atoms with Gasteiger partial charge in [-0.3, -0.25) is 4.79 Å². The highest BCUT2D eigenvalue weighted by Gasteiger charge is 2.29. The Morgan fingerprint density at radius 2 is 1.93 bits per heavy atom. The lowest BCUT2D eigenvalue weighted by Crippen LogP contribution is -2.37. The first kappa shape index (κ1) is 21.1. The van der Waals surface area contributed by atoms with Crippen molar-refractivity contribution in [2.24, 2.45) is 5.92 Å². The van der Waals surface area contributed by atoms with E-state index in [1.54, 1.807) is 11.3 Å². The number of fused-ring (bicyclic) bond motifs is 1. The molecule has 0 aliphatic carbocycles. The molecule has 0 amide bonds. The molecule has 5 nitrogen and oxygen atoms in total. The summed E-state index contributed by atoms with van der Waals surface area (Å²) in [4.78, 5) is 25.6. The van der Waals surface area contributed by atoms with Crippen LogP contribution < -0.4 is 4.90 Å². The number of carbonyl (C=O) groups excluding carboxylic acids is 1.